The van der Waals surface area contributed by atoms with Gasteiger partial charge in [0.15, 0.2) is 0 Å². The van der Waals surface area contributed by atoms with Crippen molar-refractivity contribution in [2.24, 2.45) is 0 Å². The van der Waals surface area contributed by atoms with Crippen molar-refractivity contribution in [1.29, 1.82) is 0 Å². The van der Waals surface area contributed by atoms with Gasteiger partial charge in [0.25, 0.3) is 0 Å². The predicted molar refractivity (Wildman–Crippen MR) is 145 cm³/mol. The quantitative estimate of drug-likeness (QED) is 0.300. The number of hydrogen-bond donors (Lipinski definition) is 0. The molecule has 0 spiro atoms. The van der Waals surface area contributed by atoms with Crippen LogP contribution in [0.5, 0.6) is 0 Å². The van der Waals surface area contributed by atoms with Crippen LogP contribution in [0.15, 0.2) is 89.7 Å². The van der Waals surface area contributed by atoms with E-state index in [2.05, 4.69) is 6.58 Å². The fourth-order valence-electron chi connectivity index (χ4n) is 4.34. The van der Waals surface area contributed by atoms with Gasteiger partial charge in [-0.2, -0.15) is 0 Å². The molecule has 0 bridgehead atoms. The molecule has 0 saturated carbocycles. The second-order valence-corrected chi connectivity index (χ2v) is 8.78. The molecule has 0 saturated heterocycles. The van der Waals surface area contributed by atoms with Crippen LogP contribution < -0.4 is 0 Å². The van der Waals surface area contributed by atoms with E-state index in [1.165, 1.54) is 6.07 Å². The maximum Gasteiger partial charge on any atom is 0.144 e. The molecular formula is C31H32FNO3. The summed E-state index contributed by atoms with van der Waals surface area (Å²) >= 11 is 0. The van der Waals surface area contributed by atoms with E-state index in [9.17, 15) is 0 Å². The molecule has 4 rings (SSSR count). The summed E-state index contributed by atoms with van der Waals surface area (Å²) in [5, 5.41) is 2.46. The van der Waals surface area contributed by atoms with Gasteiger partial charge in [-0.15, -0.1) is 0 Å². The first-order chi connectivity index (χ1) is 17.4. The molecule has 36 heavy (non-hydrogen) atoms. The Labute approximate surface area is 212 Å². The van der Waals surface area contributed by atoms with Crippen LogP contribution in [0.4, 0.5) is 4.39 Å². The maximum atomic E-state index is 15.7. The van der Waals surface area contributed by atoms with Crippen molar-refractivity contribution in [1.82, 2.24) is 5.06 Å². The third-order valence-electron chi connectivity index (χ3n) is 6.38. The molecule has 186 valence electrons. The SMILES string of the molecule is C=Cc1c(/C(C)=C\C)oc2c(C3C=C(c4ccccc4)C=CN3O/C(C)=C\C(C)OC)c(F)ccc12. The largest absolute Gasteiger partial charge is 0.455 e. The minimum Gasteiger partial charge on any atom is -0.455 e. The van der Waals surface area contributed by atoms with Gasteiger partial charge in [-0.3, -0.25) is 0 Å². The van der Waals surface area contributed by atoms with Crippen molar-refractivity contribution in [3.05, 3.63) is 114 Å². The number of hydrogen-bond acceptors (Lipinski definition) is 4. The van der Waals surface area contributed by atoms with Crippen LogP contribution in [-0.2, 0) is 9.57 Å². The molecule has 4 nitrogen and oxygen atoms in total. The molecule has 2 atom stereocenters. The topological polar surface area (TPSA) is 34.8 Å². The Morgan fingerprint density at radius 2 is 1.92 bits per heavy atom. The van der Waals surface area contributed by atoms with Crippen molar-refractivity contribution in [2.75, 3.05) is 7.11 Å². The molecule has 1 aliphatic heterocycles. The number of nitrogens with zero attached hydrogens (tertiary/aromatic N) is 1. The van der Waals surface area contributed by atoms with Crippen molar-refractivity contribution in [3.63, 3.8) is 0 Å². The van der Waals surface area contributed by atoms with E-state index in [1.54, 1.807) is 24.3 Å². The van der Waals surface area contributed by atoms with E-state index in [4.69, 9.17) is 14.0 Å². The molecule has 0 radical (unpaired) electrons. The third-order valence-corrected chi connectivity index (χ3v) is 6.38. The van der Waals surface area contributed by atoms with E-state index >= 15 is 4.39 Å². The summed E-state index contributed by atoms with van der Waals surface area (Å²) in [4.78, 5) is 6.19. The normalized spacial score (nSPS) is 17.3. The molecule has 3 aromatic rings. The lowest BCUT2D eigenvalue weighted by Gasteiger charge is -2.32. The van der Waals surface area contributed by atoms with Gasteiger partial charge in [-0.25, -0.2) is 9.45 Å². The first-order valence-corrected chi connectivity index (χ1v) is 12.0. The highest BCUT2D eigenvalue weighted by atomic mass is 19.1. The number of halogens is 1. The summed E-state index contributed by atoms with van der Waals surface area (Å²) in [6, 6.07) is 12.6. The second-order valence-electron chi connectivity index (χ2n) is 8.78. The Bertz CT molecular complexity index is 1380. The van der Waals surface area contributed by atoms with Crippen molar-refractivity contribution < 1.29 is 18.4 Å². The smallest absolute Gasteiger partial charge is 0.144 e. The van der Waals surface area contributed by atoms with Crippen LogP contribution in [0, 0.1) is 5.82 Å². The van der Waals surface area contributed by atoms with Gasteiger partial charge in [0.1, 0.15) is 29.0 Å². The summed E-state index contributed by atoms with van der Waals surface area (Å²) < 4.78 is 27.3. The number of hydroxylamine groups is 2. The van der Waals surface area contributed by atoms with Crippen LogP contribution in [0.1, 0.15) is 56.2 Å². The number of allylic oxidation sites excluding steroid dienone is 5. The van der Waals surface area contributed by atoms with Gasteiger partial charge in [0.05, 0.1) is 11.7 Å². The zero-order valence-corrected chi connectivity index (χ0v) is 21.4. The van der Waals surface area contributed by atoms with E-state index in [-0.39, 0.29) is 11.9 Å². The molecule has 2 aromatic carbocycles. The Hall–Kier alpha value is -3.83. The minimum atomic E-state index is -0.585. The summed E-state index contributed by atoms with van der Waals surface area (Å²) in [6.07, 6.45) is 11.3. The molecule has 1 aliphatic rings. The van der Waals surface area contributed by atoms with Crippen molar-refractivity contribution in [2.45, 2.75) is 39.8 Å². The lowest BCUT2D eigenvalue weighted by Crippen LogP contribution is -2.25. The van der Waals surface area contributed by atoms with Crippen LogP contribution in [0.2, 0.25) is 0 Å². The van der Waals surface area contributed by atoms with Crippen LogP contribution >= 0.6 is 0 Å². The Balaban J connectivity index is 1.91. The molecule has 0 fully saturated rings. The monoisotopic (exact) mass is 485 g/mol. The Morgan fingerprint density at radius 3 is 2.58 bits per heavy atom. The van der Waals surface area contributed by atoms with Gasteiger partial charge in [-0.1, -0.05) is 49.1 Å². The number of rotatable bonds is 8. The first kappa shape index (κ1) is 25.3. The summed E-state index contributed by atoms with van der Waals surface area (Å²) in [5.74, 6) is 0.950. The maximum absolute atomic E-state index is 15.7. The van der Waals surface area contributed by atoms with Crippen LogP contribution in [0.25, 0.3) is 28.2 Å². The van der Waals surface area contributed by atoms with E-state index < -0.39 is 6.04 Å². The summed E-state index contributed by atoms with van der Waals surface area (Å²) in [6.45, 7) is 11.7. The van der Waals surface area contributed by atoms with Gasteiger partial charge in [-0.05, 0) is 74.8 Å². The van der Waals surface area contributed by atoms with Gasteiger partial charge < -0.3 is 14.0 Å². The van der Waals surface area contributed by atoms with Gasteiger partial charge >= 0.3 is 0 Å². The van der Waals surface area contributed by atoms with Crippen LogP contribution in [0.3, 0.4) is 0 Å². The first-order valence-electron chi connectivity index (χ1n) is 12.0. The van der Waals surface area contributed by atoms with E-state index in [0.717, 1.165) is 27.7 Å². The predicted octanol–water partition coefficient (Wildman–Crippen LogP) is 8.46. The average molecular weight is 486 g/mol. The van der Waals surface area contributed by atoms with Crippen molar-refractivity contribution >= 4 is 28.2 Å². The molecule has 2 unspecified atom stereocenters. The zero-order chi connectivity index (χ0) is 25.8. The molecule has 0 N–H and O–H groups in total. The molecule has 2 heterocycles. The number of ether oxygens (including phenoxy) is 1. The highest BCUT2D eigenvalue weighted by Gasteiger charge is 2.30. The van der Waals surface area contributed by atoms with Crippen LogP contribution in [-0.4, -0.2) is 18.3 Å². The van der Waals surface area contributed by atoms with Crippen molar-refractivity contribution in [3.8, 4) is 0 Å². The Morgan fingerprint density at radius 1 is 1.17 bits per heavy atom. The standard InChI is InChI=1S/C31H32FNO3/c1-7-20(3)30-25(8-2)26-14-15-27(32)29(31(26)35-30)28-19-24(23-12-10-9-11-13-23)16-17-33(28)36-22(5)18-21(4)34-6/h7-19,21,28H,2H2,1,3-6H3/b20-7-,22-18-. The number of benzene rings is 2. The lowest BCUT2D eigenvalue weighted by molar-refractivity contribution is -0.0994. The van der Waals surface area contributed by atoms with E-state index in [1.807, 2.05) is 88.5 Å². The third kappa shape index (κ3) is 4.93. The lowest BCUT2D eigenvalue weighted by atomic mass is 9.95. The highest BCUT2D eigenvalue weighted by molar-refractivity contribution is 5.94. The molecule has 0 aliphatic carbocycles. The fraction of sp³-hybridized carbons (Fsp3) is 0.226. The van der Waals surface area contributed by atoms with Gasteiger partial charge in [0, 0.05) is 24.3 Å². The minimum absolute atomic E-state index is 0.126. The Kier molecular flexibility index (Phi) is 7.61. The van der Waals surface area contributed by atoms with E-state index in [0.29, 0.717) is 22.7 Å². The number of methoxy groups -OCH3 is 1. The highest BCUT2D eigenvalue weighted by Crippen LogP contribution is 2.41. The molecular weight excluding hydrogens is 453 g/mol. The second kappa shape index (κ2) is 10.8. The zero-order valence-electron chi connectivity index (χ0n) is 21.4. The molecule has 5 heteroatoms. The van der Waals surface area contributed by atoms with Gasteiger partial charge in [0.2, 0.25) is 0 Å². The number of furan rings is 1. The number of fused-ring (bicyclic) bond motifs is 1. The molecule has 1 aromatic heterocycles. The molecule has 0 amide bonds. The average Bonchev–Trinajstić information content (AvgIpc) is 3.27. The summed E-state index contributed by atoms with van der Waals surface area (Å²) in [5.41, 5.74) is 4.67. The summed E-state index contributed by atoms with van der Waals surface area (Å²) in [7, 11) is 1.64. The fourth-order valence-corrected chi connectivity index (χ4v) is 4.34.